The number of pyridine rings is 3. The van der Waals surface area contributed by atoms with Crippen LogP contribution in [0.5, 0.6) is 5.75 Å². The summed E-state index contributed by atoms with van der Waals surface area (Å²) in [5, 5.41) is 8.90. The van der Waals surface area contributed by atoms with Gasteiger partial charge in [-0.25, -0.2) is 18.7 Å². The number of hydrogen-bond donors (Lipinski definition) is 1. The summed E-state index contributed by atoms with van der Waals surface area (Å²) in [6.45, 7) is 3.75. The van der Waals surface area contributed by atoms with Crippen molar-refractivity contribution in [3.05, 3.63) is 86.8 Å². The number of halogens is 3. The van der Waals surface area contributed by atoms with Gasteiger partial charge < -0.3 is 14.7 Å². The molecule has 0 bridgehead atoms. The van der Waals surface area contributed by atoms with Gasteiger partial charge in [-0.2, -0.15) is 0 Å². The molecule has 0 radical (unpaired) electrons. The first-order valence-electron chi connectivity index (χ1n) is 11.8. The first-order valence-corrected chi connectivity index (χ1v) is 12.1. The number of ether oxygens (including phenoxy) is 1. The number of carboxylic acid groups (broad SMARTS) is 1. The van der Waals surface area contributed by atoms with Gasteiger partial charge in [-0.1, -0.05) is 11.6 Å². The van der Waals surface area contributed by atoms with Crippen LogP contribution in [0.2, 0.25) is 5.02 Å². The van der Waals surface area contributed by atoms with E-state index in [1.165, 1.54) is 10.6 Å². The second kappa shape index (κ2) is 10.4. The van der Waals surface area contributed by atoms with E-state index in [2.05, 4.69) is 19.9 Å². The highest BCUT2D eigenvalue weighted by Gasteiger charge is 2.34. The maximum absolute atomic E-state index is 13.9. The summed E-state index contributed by atoms with van der Waals surface area (Å²) in [4.78, 5) is 43.1. The Morgan fingerprint density at radius 2 is 1.90 bits per heavy atom. The number of rotatable bonds is 7. The summed E-state index contributed by atoms with van der Waals surface area (Å²) in [6, 6.07) is 5.59. The SMILES string of the molecule is Cc1cnc(-c2ccnc(N3CC(C(=O)O)C3)n2)cc1-n1c(C)cc(OCc2ncc(F)cc2F)c(Cl)c1=O. The van der Waals surface area contributed by atoms with Gasteiger partial charge in [0.2, 0.25) is 5.95 Å². The van der Waals surface area contributed by atoms with Gasteiger partial charge in [-0.3, -0.25) is 24.1 Å². The van der Waals surface area contributed by atoms with E-state index in [-0.39, 0.29) is 23.1 Å². The van der Waals surface area contributed by atoms with Crippen molar-refractivity contribution in [1.82, 2.24) is 24.5 Å². The van der Waals surface area contributed by atoms with E-state index >= 15 is 0 Å². The Hall–Kier alpha value is -4.45. The topological polar surface area (TPSA) is 123 Å². The van der Waals surface area contributed by atoms with Crippen LogP contribution in [0.1, 0.15) is 17.0 Å². The Balaban J connectivity index is 1.44. The number of aryl methyl sites for hydroxylation is 2. The van der Waals surface area contributed by atoms with Crippen molar-refractivity contribution in [2.24, 2.45) is 5.92 Å². The maximum Gasteiger partial charge on any atom is 0.310 e. The molecule has 1 aliphatic rings. The predicted molar refractivity (Wildman–Crippen MR) is 137 cm³/mol. The van der Waals surface area contributed by atoms with Crippen LogP contribution < -0.4 is 15.2 Å². The Kier molecular flexibility index (Phi) is 6.96. The molecule has 0 unspecified atom stereocenters. The summed E-state index contributed by atoms with van der Waals surface area (Å²) in [5.74, 6) is -2.59. The van der Waals surface area contributed by atoms with E-state index in [0.717, 1.165) is 6.20 Å². The van der Waals surface area contributed by atoms with Crippen molar-refractivity contribution in [3.8, 4) is 22.8 Å². The third kappa shape index (κ3) is 5.15. The highest BCUT2D eigenvalue weighted by atomic mass is 35.5. The smallest absolute Gasteiger partial charge is 0.310 e. The molecule has 0 amide bonds. The van der Waals surface area contributed by atoms with Crippen molar-refractivity contribution in [1.29, 1.82) is 0 Å². The number of hydrogen-bond acceptors (Lipinski definition) is 8. The minimum absolute atomic E-state index is 0.0301. The zero-order chi connectivity index (χ0) is 27.8. The molecule has 0 spiro atoms. The van der Waals surface area contributed by atoms with Crippen LogP contribution in [0.25, 0.3) is 17.1 Å². The van der Waals surface area contributed by atoms with Gasteiger partial charge in [0.05, 0.1) is 29.2 Å². The van der Waals surface area contributed by atoms with Crippen molar-refractivity contribution in [2.45, 2.75) is 20.5 Å². The summed E-state index contributed by atoms with van der Waals surface area (Å²) in [7, 11) is 0. The molecule has 200 valence electrons. The van der Waals surface area contributed by atoms with Gasteiger partial charge in [0, 0.05) is 43.3 Å². The lowest BCUT2D eigenvalue weighted by Crippen LogP contribution is -2.51. The number of carboxylic acids is 1. The van der Waals surface area contributed by atoms with E-state index in [0.29, 0.717) is 53.4 Å². The average Bonchev–Trinajstić information content (AvgIpc) is 2.86. The molecular weight excluding hydrogens is 534 g/mol. The van der Waals surface area contributed by atoms with Crippen LogP contribution in [0, 0.1) is 31.4 Å². The number of nitrogens with zero attached hydrogens (tertiary/aromatic N) is 6. The summed E-state index contributed by atoms with van der Waals surface area (Å²) < 4.78 is 34.0. The largest absolute Gasteiger partial charge is 0.485 e. The van der Waals surface area contributed by atoms with E-state index in [1.54, 1.807) is 43.3 Å². The van der Waals surface area contributed by atoms with Crippen molar-refractivity contribution >= 4 is 23.5 Å². The molecule has 5 heterocycles. The number of carbonyl (C=O) groups is 1. The van der Waals surface area contributed by atoms with Gasteiger partial charge >= 0.3 is 5.97 Å². The lowest BCUT2D eigenvalue weighted by Gasteiger charge is -2.36. The minimum Gasteiger partial charge on any atom is -0.485 e. The number of anilines is 1. The molecule has 1 saturated heterocycles. The second-order valence-corrected chi connectivity index (χ2v) is 9.39. The molecular formula is C26H21ClF2N6O4. The summed E-state index contributed by atoms with van der Waals surface area (Å²) in [6.07, 6.45) is 4.03. The Labute approximate surface area is 225 Å². The molecule has 5 rings (SSSR count). The third-order valence-electron chi connectivity index (χ3n) is 6.28. The first kappa shape index (κ1) is 26.2. The minimum atomic E-state index is -0.875. The highest BCUT2D eigenvalue weighted by Crippen LogP contribution is 2.28. The van der Waals surface area contributed by atoms with Gasteiger partial charge in [-0.15, -0.1) is 0 Å². The number of aliphatic carboxylic acids is 1. The highest BCUT2D eigenvalue weighted by molar-refractivity contribution is 6.31. The van der Waals surface area contributed by atoms with Crippen LogP contribution in [0.15, 0.2) is 47.7 Å². The van der Waals surface area contributed by atoms with E-state index in [9.17, 15) is 18.4 Å². The molecule has 13 heteroatoms. The fourth-order valence-electron chi connectivity index (χ4n) is 4.12. The Morgan fingerprint density at radius 1 is 1.13 bits per heavy atom. The van der Waals surface area contributed by atoms with Crippen LogP contribution in [-0.4, -0.2) is 48.7 Å². The van der Waals surface area contributed by atoms with Gasteiger partial charge in [0.15, 0.2) is 5.82 Å². The molecule has 0 atom stereocenters. The van der Waals surface area contributed by atoms with Crippen LogP contribution >= 0.6 is 11.6 Å². The molecule has 4 aromatic heterocycles. The van der Waals surface area contributed by atoms with Crippen LogP contribution in [0.3, 0.4) is 0 Å². The molecule has 10 nitrogen and oxygen atoms in total. The molecule has 0 aliphatic carbocycles. The van der Waals surface area contributed by atoms with Crippen molar-refractivity contribution in [3.63, 3.8) is 0 Å². The zero-order valence-electron chi connectivity index (χ0n) is 20.7. The lowest BCUT2D eigenvalue weighted by atomic mass is 10.0. The molecule has 4 aromatic rings. The zero-order valence-corrected chi connectivity index (χ0v) is 21.5. The molecule has 1 aliphatic heterocycles. The van der Waals surface area contributed by atoms with Crippen molar-refractivity contribution < 1.29 is 23.4 Å². The van der Waals surface area contributed by atoms with Gasteiger partial charge in [-0.05, 0) is 31.5 Å². The van der Waals surface area contributed by atoms with Crippen LogP contribution in [0.4, 0.5) is 14.7 Å². The van der Waals surface area contributed by atoms with Gasteiger partial charge in [0.1, 0.15) is 28.9 Å². The summed E-state index contributed by atoms with van der Waals surface area (Å²) >= 11 is 6.36. The Bertz CT molecular complexity index is 1660. The van der Waals surface area contributed by atoms with E-state index in [1.807, 2.05) is 0 Å². The molecule has 0 saturated carbocycles. The molecule has 39 heavy (non-hydrogen) atoms. The predicted octanol–water partition coefficient (Wildman–Crippen LogP) is 3.73. The fourth-order valence-corrected chi connectivity index (χ4v) is 4.31. The Morgan fingerprint density at radius 3 is 2.62 bits per heavy atom. The monoisotopic (exact) mass is 554 g/mol. The standard InChI is InChI=1S/C26H21ClF2N6O4/c1-13-8-31-19(18-3-4-30-26(33-18)34-10-15(11-34)25(37)38)7-21(13)35-14(2)5-22(23(27)24(35)36)39-12-20-17(29)6-16(28)9-32-20/h3-9,15H,10-12H2,1-2H3,(H,37,38). The molecule has 0 aromatic carbocycles. The van der Waals surface area contributed by atoms with Crippen molar-refractivity contribution in [2.75, 3.05) is 18.0 Å². The lowest BCUT2D eigenvalue weighted by molar-refractivity contribution is -0.142. The number of aromatic nitrogens is 5. The first-order chi connectivity index (χ1) is 18.6. The van der Waals surface area contributed by atoms with Gasteiger partial charge in [0.25, 0.3) is 5.56 Å². The van der Waals surface area contributed by atoms with E-state index in [4.69, 9.17) is 21.4 Å². The maximum atomic E-state index is 13.9. The normalized spacial score (nSPS) is 13.3. The molecule has 1 fully saturated rings. The average molecular weight is 555 g/mol. The van der Waals surface area contributed by atoms with Crippen LogP contribution in [-0.2, 0) is 11.4 Å². The molecule has 1 N–H and O–H groups in total. The fraction of sp³-hybridized carbons (Fsp3) is 0.231. The summed E-state index contributed by atoms with van der Waals surface area (Å²) in [5.41, 5.74) is 1.94. The third-order valence-corrected chi connectivity index (χ3v) is 6.63. The quantitative estimate of drug-likeness (QED) is 0.364. The van der Waals surface area contributed by atoms with E-state index < -0.39 is 29.1 Å². The second-order valence-electron chi connectivity index (χ2n) is 9.01.